The molecule has 7 nitrogen and oxygen atoms in total. The van der Waals surface area contributed by atoms with E-state index in [1.54, 1.807) is 40.5 Å². The van der Waals surface area contributed by atoms with Gasteiger partial charge in [-0.2, -0.15) is 0 Å². The number of methoxy groups -OCH3 is 1. The molecule has 0 unspecified atom stereocenters. The summed E-state index contributed by atoms with van der Waals surface area (Å²) in [6.45, 7) is 0.373. The largest absolute Gasteiger partial charge is 0.465 e. The van der Waals surface area contributed by atoms with Gasteiger partial charge in [-0.15, -0.1) is 16.4 Å². The van der Waals surface area contributed by atoms with Gasteiger partial charge in [0, 0.05) is 20.5 Å². The van der Waals surface area contributed by atoms with Gasteiger partial charge in [0.25, 0.3) is 0 Å². The zero-order valence-electron chi connectivity index (χ0n) is 18.0. The van der Waals surface area contributed by atoms with Crippen LogP contribution in [0.5, 0.6) is 0 Å². The second-order valence-corrected chi connectivity index (χ2v) is 9.99. The Morgan fingerprint density at radius 3 is 2.64 bits per heavy atom. The normalized spacial score (nSPS) is 13.5. The van der Waals surface area contributed by atoms with Crippen LogP contribution in [-0.2, 0) is 24.1 Å². The molecule has 1 aliphatic rings. The van der Waals surface area contributed by atoms with Gasteiger partial charge in [0.2, 0.25) is 5.95 Å². The Morgan fingerprint density at radius 2 is 1.91 bits per heavy atom. The molecule has 0 radical (unpaired) electrons. The number of rotatable bonds is 5. The number of aromatic nitrogens is 3. The number of thiophene rings is 1. The molecule has 0 saturated carbocycles. The number of nitrogens with zero attached hydrogens (tertiary/aromatic N) is 3. The van der Waals surface area contributed by atoms with E-state index in [2.05, 4.69) is 20.7 Å². The molecule has 1 aromatic carbocycles. The molecule has 0 amide bonds. The van der Waals surface area contributed by atoms with Crippen LogP contribution in [0.15, 0.2) is 24.5 Å². The van der Waals surface area contributed by atoms with Gasteiger partial charge in [0.05, 0.1) is 19.2 Å². The minimum Gasteiger partial charge on any atom is -0.465 e. The zero-order valence-corrected chi connectivity index (χ0v) is 21.1. The maximum Gasteiger partial charge on any atom is 0.341 e. The van der Waals surface area contributed by atoms with E-state index in [9.17, 15) is 4.79 Å². The first kappa shape index (κ1) is 23.9. The summed E-state index contributed by atoms with van der Waals surface area (Å²) in [4.78, 5) is 18.0. The summed E-state index contributed by atoms with van der Waals surface area (Å²) in [6.07, 6.45) is 7.96. The van der Waals surface area contributed by atoms with Gasteiger partial charge in [0.15, 0.2) is 5.11 Å². The van der Waals surface area contributed by atoms with E-state index in [0.29, 0.717) is 38.2 Å². The standard InChI is InChI=1S/C22H23Cl2N5O2S2/c1-31-20(30)18-13-7-4-2-3-5-10-17(13)33-19(18)26-22(32)27-21-25-12-29(28-21)11-14-15(23)8-6-9-16(14)24/h6,8-9,12H,2-5,7,10-11H2,1H3,(H2,26,27,28,32). The van der Waals surface area contributed by atoms with Crippen LogP contribution in [0.25, 0.3) is 0 Å². The van der Waals surface area contributed by atoms with Crippen molar-refractivity contribution in [2.75, 3.05) is 17.7 Å². The number of fused-ring (bicyclic) bond motifs is 1. The van der Waals surface area contributed by atoms with Gasteiger partial charge >= 0.3 is 5.97 Å². The Labute approximate surface area is 211 Å². The van der Waals surface area contributed by atoms with Crippen molar-refractivity contribution in [2.24, 2.45) is 0 Å². The van der Waals surface area contributed by atoms with Gasteiger partial charge in [0.1, 0.15) is 11.3 Å². The number of carbonyl (C=O) groups is 1. The Kier molecular flexibility index (Phi) is 7.85. The highest BCUT2D eigenvalue weighted by Crippen LogP contribution is 2.37. The Hall–Kier alpha value is -2.20. The number of anilines is 2. The summed E-state index contributed by atoms with van der Waals surface area (Å²) < 4.78 is 6.69. The summed E-state index contributed by atoms with van der Waals surface area (Å²) in [5, 5.41) is 12.6. The first-order valence-electron chi connectivity index (χ1n) is 10.6. The number of carbonyl (C=O) groups excluding carboxylic acids is 1. The fraction of sp³-hybridized carbons (Fsp3) is 0.364. The molecule has 11 heteroatoms. The molecule has 0 fully saturated rings. The second kappa shape index (κ2) is 10.8. The Bertz CT molecular complexity index is 1160. The van der Waals surface area contributed by atoms with E-state index >= 15 is 0 Å². The van der Waals surface area contributed by atoms with Crippen LogP contribution in [0.4, 0.5) is 10.9 Å². The third kappa shape index (κ3) is 5.66. The van der Waals surface area contributed by atoms with E-state index in [1.165, 1.54) is 24.8 Å². The van der Waals surface area contributed by atoms with Crippen molar-refractivity contribution in [1.82, 2.24) is 14.8 Å². The average Bonchev–Trinajstić information content (AvgIpc) is 3.34. The maximum absolute atomic E-state index is 12.6. The van der Waals surface area contributed by atoms with Crippen LogP contribution in [-0.4, -0.2) is 33.0 Å². The van der Waals surface area contributed by atoms with Crippen LogP contribution in [0.3, 0.4) is 0 Å². The molecule has 0 bridgehead atoms. The summed E-state index contributed by atoms with van der Waals surface area (Å²) >= 11 is 19.5. The molecule has 0 spiro atoms. The molecule has 2 N–H and O–H groups in total. The second-order valence-electron chi connectivity index (χ2n) is 7.66. The van der Waals surface area contributed by atoms with Crippen LogP contribution in [0.1, 0.15) is 52.0 Å². The van der Waals surface area contributed by atoms with Gasteiger partial charge in [-0.3, -0.25) is 5.32 Å². The molecule has 2 heterocycles. The first-order valence-corrected chi connectivity index (χ1v) is 12.6. The predicted octanol–water partition coefficient (Wildman–Crippen LogP) is 5.95. The molecule has 0 atom stereocenters. The first-order chi connectivity index (χ1) is 16.0. The number of benzene rings is 1. The molecule has 2 aromatic heterocycles. The molecular formula is C22H23Cl2N5O2S2. The van der Waals surface area contributed by atoms with E-state index < -0.39 is 0 Å². The third-order valence-electron chi connectivity index (χ3n) is 5.43. The molecule has 33 heavy (non-hydrogen) atoms. The highest BCUT2D eigenvalue weighted by molar-refractivity contribution is 7.80. The summed E-state index contributed by atoms with van der Waals surface area (Å²) in [5.41, 5.74) is 2.42. The minimum atomic E-state index is -0.350. The molecule has 1 aliphatic carbocycles. The van der Waals surface area contributed by atoms with Crippen LogP contribution >= 0.6 is 46.8 Å². The van der Waals surface area contributed by atoms with E-state index in [0.717, 1.165) is 36.8 Å². The zero-order chi connectivity index (χ0) is 23.4. The summed E-state index contributed by atoms with van der Waals surface area (Å²) in [5.74, 6) is -0.0254. The summed E-state index contributed by atoms with van der Waals surface area (Å²) in [7, 11) is 1.40. The fourth-order valence-electron chi connectivity index (χ4n) is 3.83. The van der Waals surface area contributed by atoms with Crippen molar-refractivity contribution >= 4 is 68.8 Å². The van der Waals surface area contributed by atoms with Crippen molar-refractivity contribution in [3.63, 3.8) is 0 Å². The molecule has 0 saturated heterocycles. The number of ether oxygens (including phenoxy) is 1. The fourth-order valence-corrected chi connectivity index (χ4v) is 5.89. The van der Waals surface area contributed by atoms with E-state index in [1.807, 2.05) is 0 Å². The smallest absolute Gasteiger partial charge is 0.341 e. The lowest BCUT2D eigenvalue weighted by Crippen LogP contribution is -2.21. The van der Waals surface area contributed by atoms with Crippen LogP contribution < -0.4 is 10.6 Å². The number of thiocarbonyl (C=S) groups is 1. The molecular weight excluding hydrogens is 501 g/mol. The monoisotopic (exact) mass is 523 g/mol. The topological polar surface area (TPSA) is 81.1 Å². The lowest BCUT2D eigenvalue weighted by Gasteiger charge is -2.11. The number of aryl methyl sites for hydroxylation is 1. The molecule has 3 aromatic rings. The van der Waals surface area contributed by atoms with E-state index in [-0.39, 0.29) is 5.97 Å². The number of halogens is 2. The Balaban J connectivity index is 1.48. The lowest BCUT2D eigenvalue weighted by molar-refractivity contribution is 0.0601. The number of nitrogens with one attached hydrogen (secondary N) is 2. The van der Waals surface area contributed by atoms with Gasteiger partial charge in [-0.25, -0.2) is 14.5 Å². The maximum atomic E-state index is 12.6. The molecule has 174 valence electrons. The van der Waals surface area contributed by atoms with Crippen molar-refractivity contribution in [3.8, 4) is 0 Å². The van der Waals surface area contributed by atoms with Crippen molar-refractivity contribution in [3.05, 3.63) is 56.1 Å². The van der Waals surface area contributed by atoms with Gasteiger partial charge < -0.3 is 10.1 Å². The highest BCUT2D eigenvalue weighted by Gasteiger charge is 2.25. The number of esters is 1. The average molecular weight is 524 g/mol. The number of hydrogen-bond acceptors (Lipinski definition) is 6. The third-order valence-corrected chi connectivity index (χ3v) is 7.55. The predicted molar refractivity (Wildman–Crippen MR) is 137 cm³/mol. The Morgan fingerprint density at radius 1 is 1.18 bits per heavy atom. The lowest BCUT2D eigenvalue weighted by atomic mass is 9.96. The SMILES string of the molecule is COC(=O)c1c(NC(=S)Nc2ncn(Cc3c(Cl)cccc3Cl)n2)sc2c1CCCCCC2. The van der Waals surface area contributed by atoms with Crippen molar-refractivity contribution in [2.45, 2.75) is 45.1 Å². The van der Waals surface area contributed by atoms with E-state index in [4.69, 9.17) is 40.2 Å². The van der Waals surface area contributed by atoms with Crippen LogP contribution in [0.2, 0.25) is 10.0 Å². The molecule has 4 rings (SSSR count). The highest BCUT2D eigenvalue weighted by atomic mass is 35.5. The quantitative estimate of drug-likeness (QED) is 0.315. The van der Waals surface area contributed by atoms with Crippen molar-refractivity contribution in [1.29, 1.82) is 0 Å². The van der Waals surface area contributed by atoms with Gasteiger partial charge in [-0.05, 0) is 55.6 Å². The molecule has 0 aliphatic heterocycles. The minimum absolute atomic E-state index is 0.294. The number of hydrogen-bond donors (Lipinski definition) is 2. The van der Waals surface area contributed by atoms with Crippen molar-refractivity contribution < 1.29 is 9.53 Å². The van der Waals surface area contributed by atoms with Gasteiger partial charge in [-0.1, -0.05) is 42.1 Å². The summed E-state index contributed by atoms with van der Waals surface area (Å²) in [6, 6.07) is 5.35. The van der Waals surface area contributed by atoms with Crippen LogP contribution in [0, 0.1) is 0 Å².